The zero-order chi connectivity index (χ0) is 12.4. The number of halogens is 1. The summed E-state index contributed by atoms with van der Waals surface area (Å²) in [4.78, 5) is 25.9. The van der Waals surface area contributed by atoms with E-state index in [1.807, 2.05) is 18.4 Å². The molecule has 0 aromatic carbocycles. The van der Waals surface area contributed by atoms with Gasteiger partial charge in [0.05, 0.1) is 5.57 Å². The molecule has 2 heterocycles. The van der Waals surface area contributed by atoms with Crippen molar-refractivity contribution in [2.24, 2.45) is 0 Å². The number of imide groups is 1. The second kappa shape index (κ2) is 5.02. The normalized spacial score (nSPS) is 16.2. The van der Waals surface area contributed by atoms with Gasteiger partial charge in [-0.25, -0.2) is 0 Å². The van der Waals surface area contributed by atoms with Gasteiger partial charge >= 0.3 is 0 Å². The molecule has 0 radical (unpaired) electrons. The third-order valence-electron chi connectivity index (χ3n) is 2.61. The minimum Gasteiger partial charge on any atom is -0.274 e. The van der Waals surface area contributed by atoms with E-state index in [4.69, 9.17) is 11.6 Å². The molecule has 0 atom stereocenters. The molecule has 1 aliphatic rings. The van der Waals surface area contributed by atoms with E-state index >= 15 is 0 Å². The van der Waals surface area contributed by atoms with Gasteiger partial charge in [-0.15, -0.1) is 11.3 Å². The van der Waals surface area contributed by atoms with Crippen LogP contribution < -0.4 is 0 Å². The fourth-order valence-corrected chi connectivity index (χ4v) is 2.81. The van der Waals surface area contributed by atoms with Crippen LogP contribution in [0.25, 0.3) is 5.57 Å². The molecule has 2 amide bonds. The van der Waals surface area contributed by atoms with Crippen molar-refractivity contribution >= 4 is 40.3 Å². The van der Waals surface area contributed by atoms with Crippen LogP contribution in [0.2, 0.25) is 0 Å². The minimum absolute atomic E-state index is 0.0496. The van der Waals surface area contributed by atoms with Crippen LogP contribution >= 0.6 is 22.9 Å². The molecule has 1 aliphatic heterocycles. The molecule has 2 rings (SSSR count). The predicted molar refractivity (Wildman–Crippen MR) is 68.7 cm³/mol. The van der Waals surface area contributed by atoms with Crippen molar-refractivity contribution in [1.29, 1.82) is 0 Å². The Balaban J connectivity index is 2.29. The average Bonchev–Trinajstić information content (AvgIpc) is 2.88. The van der Waals surface area contributed by atoms with Gasteiger partial charge in [-0.1, -0.05) is 31.0 Å². The van der Waals surface area contributed by atoms with Crippen molar-refractivity contribution in [3.05, 3.63) is 27.4 Å². The number of amides is 2. The van der Waals surface area contributed by atoms with Crippen LogP contribution in [0.15, 0.2) is 22.5 Å². The van der Waals surface area contributed by atoms with Gasteiger partial charge in [-0.3, -0.25) is 14.5 Å². The Kier molecular flexibility index (Phi) is 3.64. The van der Waals surface area contributed by atoms with E-state index in [0.717, 1.165) is 17.7 Å². The summed E-state index contributed by atoms with van der Waals surface area (Å²) in [6.07, 6.45) is 1.74. The van der Waals surface area contributed by atoms with E-state index in [0.29, 0.717) is 12.1 Å². The molecular formula is C12H12ClNO2S. The molecule has 0 bridgehead atoms. The van der Waals surface area contributed by atoms with Crippen LogP contribution in [-0.2, 0) is 9.59 Å². The molecule has 90 valence electrons. The molecule has 5 heteroatoms. The molecule has 0 unspecified atom stereocenters. The van der Waals surface area contributed by atoms with Gasteiger partial charge in [0.2, 0.25) is 0 Å². The lowest BCUT2D eigenvalue weighted by atomic mass is 10.2. The van der Waals surface area contributed by atoms with Crippen LogP contribution in [0.4, 0.5) is 0 Å². The van der Waals surface area contributed by atoms with E-state index in [9.17, 15) is 9.59 Å². The maximum atomic E-state index is 12.1. The van der Waals surface area contributed by atoms with E-state index in [1.165, 1.54) is 16.2 Å². The third kappa shape index (κ3) is 2.15. The molecule has 0 spiro atoms. The Bertz CT molecular complexity index is 479. The first-order valence-corrected chi connectivity index (χ1v) is 6.72. The van der Waals surface area contributed by atoms with Crippen LogP contribution in [-0.4, -0.2) is 23.3 Å². The molecule has 0 saturated carbocycles. The van der Waals surface area contributed by atoms with Gasteiger partial charge in [0.15, 0.2) is 0 Å². The fraction of sp³-hybridized carbons (Fsp3) is 0.333. The molecular weight excluding hydrogens is 258 g/mol. The molecule has 1 aromatic heterocycles. The minimum atomic E-state index is -0.367. The highest BCUT2D eigenvalue weighted by atomic mass is 35.5. The lowest BCUT2D eigenvalue weighted by Gasteiger charge is -2.13. The van der Waals surface area contributed by atoms with E-state index < -0.39 is 0 Å². The summed E-state index contributed by atoms with van der Waals surface area (Å²) < 4.78 is 0. The summed E-state index contributed by atoms with van der Waals surface area (Å²) in [5.74, 6) is -0.635. The summed E-state index contributed by atoms with van der Waals surface area (Å²) in [5, 5.41) is 1.91. The standard InChI is InChI=1S/C12H12ClNO2S/c1-2-3-6-14-11(15)9(10(13)12(14)16)8-5-4-7-17-8/h4-5,7H,2-3,6H2,1H3. The Morgan fingerprint density at radius 1 is 1.35 bits per heavy atom. The van der Waals surface area contributed by atoms with Gasteiger partial charge in [0.1, 0.15) is 5.03 Å². The number of carbonyl (C=O) groups excluding carboxylic acids is 2. The third-order valence-corrected chi connectivity index (χ3v) is 3.85. The zero-order valence-corrected chi connectivity index (χ0v) is 11.0. The average molecular weight is 270 g/mol. The van der Waals surface area contributed by atoms with E-state index in [-0.39, 0.29) is 16.8 Å². The number of hydrogen-bond donors (Lipinski definition) is 0. The fourth-order valence-electron chi connectivity index (χ4n) is 1.70. The lowest BCUT2D eigenvalue weighted by Crippen LogP contribution is -2.32. The highest BCUT2D eigenvalue weighted by Crippen LogP contribution is 2.33. The Hall–Kier alpha value is -1.13. The number of rotatable bonds is 4. The molecule has 0 fully saturated rings. The van der Waals surface area contributed by atoms with Gasteiger partial charge in [0, 0.05) is 11.4 Å². The van der Waals surface area contributed by atoms with Crippen LogP contribution in [0.5, 0.6) is 0 Å². The molecule has 3 nitrogen and oxygen atoms in total. The largest absolute Gasteiger partial charge is 0.274 e. The SMILES string of the molecule is CCCCN1C(=O)C(Cl)=C(c2cccs2)C1=O. The van der Waals surface area contributed by atoms with E-state index in [1.54, 1.807) is 6.07 Å². The van der Waals surface area contributed by atoms with Gasteiger partial charge in [0.25, 0.3) is 11.8 Å². The van der Waals surface area contributed by atoms with Crippen LogP contribution in [0, 0.1) is 0 Å². The topological polar surface area (TPSA) is 37.4 Å². The summed E-state index contributed by atoms with van der Waals surface area (Å²) in [7, 11) is 0. The number of carbonyl (C=O) groups is 2. The van der Waals surface area contributed by atoms with Gasteiger partial charge in [-0.05, 0) is 17.9 Å². The highest BCUT2D eigenvalue weighted by molar-refractivity contribution is 7.11. The second-order valence-corrected chi connectivity index (χ2v) is 5.11. The second-order valence-electron chi connectivity index (χ2n) is 3.78. The number of hydrogen-bond acceptors (Lipinski definition) is 3. The quantitative estimate of drug-likeness (QED) is 0.788. The van der Waals surface area contributed by atoms with Gasteiger partial charge in [-0.2, -0.15) is 0 Å². The lowest BCUT2D eigenvalue weighted by molar-refractivity contribution is -0.136. The highest BCUT2D eigenvalue weighted by Gasteiger charge is 2.37. The Morgan fingerprint density at radius 3 is 2.71 bits per heavy atom. The number of nitrogens with zero attached hydrogens (tertiary/aromatic N) is 1. The maximum Gasteiger partial charge on any atom is 0.273 e. The Morgan fingerprint density at radius 2 is 2.12 bits per heavy atom. The smallest absolute Gasteiger partial charge is 0.273 e. The first-order valence-electron chi connectivity index (χ1n) is 5.46. The number of thiophene rings is 1. The summed E-state index contributed by atoms with van der Waals surface area (Å²) in [5.41, 5.74) is 0.350. The number of unbranched alkanes of at least 4 members (excludes halogenated alkanes) is 1. The van der Waals surface area contributed by atoms with Crippen molar-refractivity contribution in [1.82, 2.24) is 4.90 Å². The predicted octanol–water partition coefficient (Wildman–Crippen LogP) is 2.87. The summed E-state index contributed by atoms with van der Waals surface area (Å²) in [6.45, 7) is 2.46. The van der Waals surface area contributed by atoms with E-state index in [2.05, 4.69) is 0 Å². The van der Waals surface area contributed by atoms with Crippen LogP contribution in [0.3, 0.4) is 0 Å². The van der Waals surface area contributed by atoms with Crippen molar-refractivity contribution in [2.45, 2.75) is 19.8 Å². The van der Waals surface area contributed by atoms with Crippen molar-refractivity contribution in [2.75, 3.05) is 6.54 Å². The van der Waals surface area contributed by atoms with Gasteiger partial charge < -0.3 is 0 Å². The summed E-state index contributed by atoms with van der Waals surface area (Å²) >= 11 is 7.38. The molecule has 0 N–H and O–H groups in total. The molecule has 0 saturated heterocycles. The molecule has 1 aromatic rings. The zero-order valence-electron chi connectivity index (χ0n) is 9.40. The maximum absolute atomic E-state index is 12.1. The Labute approximate surface area is 109 Å². The van der Waals surface area contributed by atoms with Crippen LogP contribution in [0.1, 0.15) is 24.6 Å². The first-order chi connectivity index (χ1) is 8.16. The summed E-state index contributed by atoms with van der Waals surface area (Å²) in [6, 6.07) is 3.64. The molecule has 0 aliphatic carbocycles. The van der Waals surface area contributed by atoms with Crippen molar-refractivity contribution in [3.63, 3.8) is 0 Å². The molecule has 17 heavy (non-hydrogen) atoms. The van der Waals surface area contributed by atoms with Crippen molar-refractivity contribution in [3.8, 4) is 0 Å². The van der Waals surface area contributed by atoms with Crippen molar-refractivity contribution < 1.29 is 9.59 Å². The monoisotopic (exact) mass is 269 g/mol. The first kappa shape index (κ1) is 12.3.